The molecule has 0 atom stereocenters. The Morgan fingerprint density at radius 2 is 2.21 bits per heavy atom. The highest BCUT2D eigenvalue weighted by atomic mass is 16.5. The van der Waals surface area contributed by atoms with Gasteiger partial charge in [-0.15, -0.1) is 0 Å². The van der Waals surface area contributed by atoms with Gasteiger partial charge in [-0.1, -0.05) is 12.1 Å². The fourth-order valence-electron chi connectivity index (χ4n) is 2.25. The van der Waals surface area contributed by atoms with Crippen LogP contribution < -0.4 is 10.5 Å². The normalized spacial score (nSPS) is 16.4. The summed E-state index contributed by atoms with van der Waals surface area (Å²) in [6.07, 6.45) is 2.02. The zero-order valence-corrected chi connectivity index (χ0v) is 11.4. The predicted octanol–water partition coefficient (Wildman–Crippen LogP) is 2.73. The Morgan fingerprint density at radius 3 is 2.89 bits per heavy atom. The van der Waals surface area contributed by atoms with Crippen molar-refractivity contribution >= 4 is 0 Å². The van der Waals surface area contributed by atoms with E-state index in [0.717, 1.165) is 41.4 Å². The van der Waals surface area contributed by atoms with Crippen LogP contribution in [0.2, 0.25) is 0 Å². The lowest BCUT2D eigenvalue weighted by Crippen LogP contribution is -2.20. The summed E-state index contributed by atoms with van der Waals surface area (Å²) in [4.78, 5) is 8.00. The number of aromatic nitrogens is 2. The molecule has 2 aromatic rings. The Morgan fingerprint density at radius 1 is 1.42 bits per heavy atom. The second kappa shape index (κ2) is 4.38. The summed E-state index contributed by atoms with van der Waals surface area (Å²) < 4.78 is 5.53. The fraction of sp³-hybridized carbons (Fsp3) is 0.400. The number of benzene rings is 1. The SMILES string of the molecule is CCOc1cccc(-c2nc(C3(N)CC3)[nH]c2C)c1. The van der Waals surface area contributed by atoms with E-state index < -0.39 is 0 Å². The fourth-order valence-corrected chi connectivity index (χ4v) is 2.25. The monoisotopic (exact) mass is 257 g/mol. The van der Waals surface area contributed by atoms with Crippen LogP contribution in [0.15, 0.2) is 24.3 Å². The summed E-state index contributed by atoms with van der Waals surface area (Å²) in [6.45, 7) is 4.68. The quantitative estimate of drug-likeness (QED) is 0.885. The van der Waals surface area contributed by atoms with Gasteiger partial charge in [0.25, 0.3) is 0 Å². The van der Waals surface area contributed by atoms with Gasteiger partial charge in [-0.2, -0.15) is 0 Å². The third kappa shape index (κ3) is 2.24. The molecule has 4 nitrogen and oxygen atoms in total. The van der Waals surface area contributed by atoms with Crippen molar-refractivity contribution in [3.63, 3.8) is 0 Å². The number of nitrogens with two attached hydrogens (primary N) is 1. The van der Waals surface area contributed by atoms with Gasteiger partial charge in [-0.3, -0.25) is 0 Å². The van der Waals surface area contributed by atoms with E-state index in [1.165, 1.54) is 0 Å². The molecule has 0 aliphatic heterocycles. The zero-order valence-electron chi connectivity index (χ0n) is 11.4. The molecule has 0 saturated heterocycles. The molecule has 3 N–H and O–H groups in total. The number of aromatic amines is 1. The van der Waals surface area contributed by atoms with Crippen LogP contribution in [0.3, 0.4) is 0 Å². The lowest BCUT2D eigenvalue weighted by Gasteiger charge is -2.05. The van der Waals surface area contributed by atoms with E-state index in [0.29, 0.717) is 6.61 Å². The minimum absolute atomic E-state index is 0.222. The molecule has 1 aliphatic rings. The van der Waals surface area contributed by atoms with Crippen molar-refractivity contribution in [2.75, 3.05) is 6.61 Å². The first-order valence-corrected chi connectivity index (χ1v) is 6.71. The molecule has 19 heavy (non-hydrogen) atoms. The average molecular weight is 257 g/mol. The number of rotatable bonds is 4. The molecule has 1 aromatic carbocycles. The molecule has 1 aliphatic carbocycles. The molecule has 100 valence electrons. The topological polar surface area (TPSA) is 63.9 Å². The third-order valence-corrected chi connectivity index (χ3v) is 3.56. The minimum atomic E-state index is -0.222. The van der Waals surface area contributed by atoms with Crippen molar-refractivity contribution in [2.24, 2.45) is 5.73 Å². The summed E-state index contributed by atoms with van der Waals surface area (Å²) in [6, 6.07) is 8.02. The van der Waals surface area contributed by atoms with Crippen LogP contribution in [0.5, 0.6) is 5.75 Å². The van der Waals surface area contributed by atoms with Crippen molar-refractivity contribution in [2.45, 2.75) is 32.2 Å². The van der Waals surface area contributed by atoms with Gasteiger partial charge in [0.15, 0.2) is 0 Å². The van der Waals surface area contributed by atoms with Crippen molar-refractivity contribution in [1.82, 2.24) is 9.97 Å². The summed E-state index contributed by atoms with van der Waals surface area (Å²) in [7, 11) is 0. The number of imidazole rings is 1. The van der Waals surface area contributed by atoms with E-state index in [9.17, 15) is 0 Å². The summed E-state index contributed by atoms with van der Waals surface area (Å²) >= 11 is 0. The molecule has 0 bridgehead atoms. The number of hydrogen-bond acceptors (Lipinski definition) is 3. The van der Waals surface area contributed by atoms with Crippen LogP contribution >= 0.6 is 0 Å². The van der Waals surface area contributed by atoms with Gasteiger partial charge in [0.05, 0.1) is 17.8 Å². The van der Waals surface area contributed by atoms with Gasteiger partial charge < -0.3 is 15.5 Å². The number of nitrogens with zero attached hydrogens (tertiary/aromatic N) is 1. The Labute approximate surface area is 113 Å². The second-order valence-corrected chi connectivity index (χ2v) is 5.18. The standard InChI is InChI=1S/C15H19N3O/c1-3-19-12-6-4-5-11(9-12)13-10(2)17-14(18-13)15(16)7-8-15/h4-6,9H,3,7-8,16H2,1-2H3,(H,17,18). The molecule has 1 heterocycles. The van der Waals surface area contributed by atoms with Gasteiger partial charge in [0.2, 0.25) is 0 Å². The van der Waals surface area contributed by atoms with E-state index in [1.807, 2.05) is 38.1 Å². The highest BCUT2D eigenvalue weighted by Crippen LogP contribution is 2.42. The molecule has 4 heteroatoms. The summed E-state index contributed by atoms with van der Waals surface area (Å²) in [5.41, 5.74) is 9.05. The van der Waals surface area contributed by atoms with Crippen LogP contribution in [-0.2, 0) is 5.54 Å². The largest absolute Gasteiger partial charge is 0.494 e. The molecule has 0 radical (unpaired) electrons. The zero-order chi connectivity index (χ0) is 13.5. The molecule has 0 amide bonds. The molecule has 1 saturated carbocycles. The Kier molecular flexibility index (Phi) is 2.82. The molecule has 3 rings (SSSR count). The summed E-state index contributed by atoms with van der Waals surface area (Å²) in [5, 5.41) is 0. The average Bonchev–Trinajstić information content (AvgIpc) is 3.01. The molecule has 1 fully saturated rings. The number of ether oxygens (including phenoxy) is 1. The van der Waals surface area contributed by atoms with Crippen molar-refractivity contribution < 1.29 is 4.74 Å². The molecule has 0 unspecified atom stereocenters. The number of H-pyrrole nitrogens is 1. The maximum atomic E-state index is 6.19. The van der Waals surface area contributed by atoms with E-state index in [4.69, 9.17) is 10.5 Å². The first kappa shape index (κ1) is 12.2. The van der Waals surface area contributed by atoms with Gasteiger partial charge in [0.1, 0.15) is 11.6 Å². The van der Waals surface area contributed by atoms with Crippen LogP contribution in [0, 0.1) is 6.92 Å². The van der Waals surface area contributed by atoms with Crippen LogP contribution in [0.25, 0.3) is 11.3 Å². The van der Waals surface area contributed by atoms with Crippen molar-refractivity contribution in [1.29, 1.82) is 0 Å². The Hall–Kier alpha value is -1.81. The predicted molar refractivity (Wildman–Crippen MR) is 75.0 cm³/mol. The van der Waals surface area contributed by atoms with Gasteiger partial charge >= 0.3 is 0 Å². The maximum absolute atomic E-state index is 6.19. The highest BCUT2D eigenvalue weighted by Gasteiger charge is 2.43. The summed E-state index contributed by atoms with van der Waals surface area (Å²) in [5.74, 6) is 1.78. The van der Waals surface area contributed by atoms with Crippen LogP contribution in [-0.4, -0.2) is 16.6 Å². The van der Waals surface area contributed by atoms with E-state index in [1.54, 1.807) is 0 Å². The minimum Gasteiger partial charge on any atom is -0.494 e. The lowest BCUT2D eigenvalue weighted by molar-refractivity contribution is 0.340. The molecule has 0 spiro atoms. The van der Waals surface area contributed by atoms with Gasteiger partial charge in [-0.05, 0) is 38.8 Å². The first-order chi connectivity index (χ1) is 9.12. The number of aryl methyl sites for hydroxylation is 1. The number of nitrogens with one attached hydrogen (secondary N) is 1. The third-order valence-electron chi connectivity index (χ3n) is 3.56. The Balaban J connectivity index is 1.97. The number of hydrogen-bond donors (Lipinski definition) is 2. The lowest BCUT2D eigenvalue weighted by atomic mass is 10.1. The van der Waals surface area contributed by atoms with Gasteiger partial charge in [0, 0.05) is 11.3 Å². The van der Waals surface area contributed by atoms with E-state index in [-0.39, 0.29) is 5.54 Å². The molecular weight excluding hydrogens is 238 g/mol. The van der Waals surface area contributed by atoms with Crippen LogP contribution in [0.4, 0.5) is 0 Å². The maximum Gasteiger partial charge on any atom is 0.127 e. The molecular formula is C15H19N3O. The smallest absolute Gasteiger partial charge is 0.127 e. The highest BCUT2D eigenvalue weighted by molar-refractivity contribution is 5.64. The van der Waals surface area contributed by atoms with E-state index in [2.05, 4.69) is 9.97 Å². The second-order valence-electron chi connectivity index (χ2n) is 5.18. The van der Waals surface area contributed by atoms with Crippen LogP contribution in [0.1, 0.15) is 31.3 Å². The van der Waals surface area contributed by atoms with Crippen molar-refractivity contribution in [3.05, 3.63) is 35.8 Å². The van der Waals surface area contributed by atoms with Crippen molar-refractivity contribution in [3.8, 4) is 17.0 Å². The van der Waals surface area contributed by atoms with E-state index >= 15 is 0 Å². The van der Waals surface area contributed by atoms with Gasteiger partial charge in [-0.25, -0.2) is 4.98 Å². The first-order valence-electron chi connectivity index (χ1n) is 6.71. The molecule has 1 aromatic heterocycles. The Bertz CT molecular complexity index is 599.